The second kappa shape index (κ2) is 11.4. The quantitative estimate of drug-likeness (QED) is 0.642. The molecule has 0 unspecified atom stereocenters. The smallest absolute Gasteiger partial charge is 0.156 e. The lowest BCUT2D eigenvalue weighted by molar-refractivity contribution is 0.404. The minimum Gasteiger partial charge on any atom is -0.504 e. The van der Waals surface area contributed by atoms with Crippen LogP contribution in [0.15, 0.2) is 53.3 Å². The molecule has 1 saturated heterocycles. The number of fused-ring (bicyclic) bond motifs is 1. The Labute approximate surface area is 165 Å². The third kappa shape index (κ3) is 6.41. The van der Waals surface area contributed by atoms with Crippen molar-refractivity contribution in [3.05, 3.63) is 58.8 Å². The molecule has 6 nitrogen and oxygen atoms in total. The van der Waals surface area contributed by atoms with E-state index in [1.54, 1.807) is 18.6 Å². The van der Waals surface area contributed by atoms with Crippen LogP contribution in [0.2, 0.25) is 0 Å². The van der Waals surface area contributed by atoms with Crippen molar-refractivity contribution >= 4 is 22.6 Å². The van der Waals surface area contributed by atoms with E-state index in [-0.39, 0.29) is 5.76 Å². The number of halogens is 1. The number of dihydropyridines is 1. The summed E-state index contributed by atoms with van der Waals surface area (Å²) in [7, 11) is 0. The van der Waals surface area contributed by atoms with Gasteiger partial charge in [-0.05, 0) is 43.6 Å². The Kier molecular flexibility index (Phi) is 8.87. The molecule has 2 aromatic rings. The molecule has 0 spiro atoms. The Balaban J connectivity index is 0.000000318. The molecular weight excluding hydrogens is 362 g/mol. The highest BCUT2D eigenvalue weighted by molar-refractivity contribution is 6.30. The molecule has 0 radical (unpaired) electrons. The van der Waals surface area contributed by atoms with Gasteiger partial charge in [0.15, 0.2) is 5.76 Å². The predicted octanol–water partition coefficient (Wildman–Crippen LogP) is 3.57. The number of rotatable bonds is 3. The monoisotopic (exact) mass is 389 g/mol. The fourth-order valence-corrected chi connectivity index (χ4v) is 2.80. The molecule has 2 aliphatic heterocycles. The molecule has 4 rings (SSSR count). The molecule has 2 aliphatic rings. The highest BCUT2D eigenvalue weighted by Crippen LogP contribution is 2.17. The van der Waals surface area contributed by atoms with Crippen molar-refractivity contribution in [3.8, 4) is 0 Å². The highest BCUT2D eigenvalue weighted by Gasteiger charge is 2.13. The van der Waals surface area contributed by atoms with E-state index in [0.717, 1.165) is 16.6 Å². The number of benzene rings is 1. The van der Waals surface area contributed by atoms with Crippen molar-refractivity contribution in [2.45, 2.75) is 33.2 Å². The predicted molar refractivity (Wildman–Crippen MR) is 111 cm³/mol. The molecule has 1 aromatic heterocycles. The summed E-state index contributed by atoms with van der Waals surface area (Å²) in [4.78, 5) is 8.49. The zero-order valence-electron chi connectivity index (χ0n) is 15.9. The molecule has 1 fully saturated rings. The van der Waals surface area contributed by atoms with Crippen molar-refractivity contribution in [3.63, 3.8) is 0 Å². The van der Waals surface area contributed by atoms with E-state index in [4.69, 9.17) is 11.6 Å². The average molecular weight is 390 g/mol. The zero-order chi connectivity index (χ0) is 19.5. The minimum atomic E-state index is 0.0889. The number of aliphatic hydroxyl groups is 1. The Morgan fingerprint density at radius 2 is 1.81 bits per heavy atom. The first kappa shape index (κ1) is 21.0. The van der Waals surface area contributed by atoms with Gasteiger partial charge in [-0.25, -0.2) is 0 Å². The summed E-state index contributed by atoms with van der Waals surface area (Å²) in [5.74, 6) is 0.0889. The van der Waals surface area contributed by atoms with Crippen LogP contribution in [0, 0.1) is 0 Å². The Morgan fingerprint density at radius 1 is 1.11 bits per heavy atom. The normalized spacial score (nSPS) is 15.7. The van der Waals surface area contributed by atoms with Gasteiger partial charge in [-0.15, -0.1) is 0 Å². The van der Waals surface area contributed by atoms with Gasteiger partial charge in [-0.3, -0.25) is 9.97 Å². The first-order valence-corrected chi connectivity index (χ1v) is 9.77. The standard InChI is InChI=1S/C14H13ClN4O.C4H9N.C2H6/c15-10-7-16-8-13(14(10)20)19-6-9-1-2-11-12(5-9)18-4-3-17-11;1-2-4-5-3-1;1-2/h1-5,8,16,19-20H,6-7H2;5H,1-4H2;1-2H3. The van der Waals surface area contributed by atoms with Crippen molar-refractivity contribution in [2.75, 3.05) is 19.6 Å². The van der Waals surface area contributed by atoms with E-state index >= 15 is 0 Å². The Hall–Kier alpha value is -2.31. The molecule has 3 heterocycles. The Bertz CT molecular complexity index is 779. The number of aliphatic hydroxyl groups excluding tert-OH is 1. The summed E-state index contributed by atoms with van der Waals surface area (Å²) in [6, 6.07) is 5.87. The fraction of sp³-hybridized carbons (Fsp3) is 0.400. The third-order valence-electron chi connectivity index (χ3n) is 3.99. The maximum Gasteiger partial charge on any atom is 0.156 e. The van der Waals surface area contributed by atoms with Gasteiger partial charge in [0.1, 0.15) is 0 Å². The molecule has 0 atom stereocenters. The first-order chi connectivity index (χ1) is 13.2. The lowest BCUT2D eigenvalue weighted by atomic mass is 10.2. The van der Waals surface area contributed by atoms with Crippen molar-refractivity contribution in [1.29, 1.82) is 0 Å². The molecule has 0 saturated carbocycles. The van der Waals surface area contributed by atoms with E-state index in [1.165, 1.54) is 25.9 Å². The van der Waals surface area contributed by atoms with Gasteiger partial charge < -0.3 is 21.1 Å². The second-order valence-corrected chi connectivity index (χ2v) is 6.34. The first-order valence-electron chi connectivity index (χ1n) is 9.40. The van der Waals surface area contributed by atoms with E-state index in [2.05, 4.69) is 25.9 Å². The van der Waals surface area contributed by atoms with Gasteiger partial charge in [0.2, 0.25) is 0 Å². The van der Waals surface area contributed by atoms with Crippen LogP contribution >= 0.6 is 11.6 Å². The third-order valence-corrected chi connectivity index (χ3v) is 4.30. The molecule has 1 aromatic carbocycles. The molecule has 0 bridgehead atoms. The lowest BCUT2D eigenvalue weighted by Gasteiger charge is -2.17. The van der Waals surface area contributed by atoms with Crippen LogP contribution in [-0.2, 0) is 6.54 Å². The van der Waals surface area contributed by atoms with Crippen LogP contribution in [0.4, 0.5) is 0 Å². The van der Waals surface area contributed by atoms with Gasteiger partial charge in [0.05, 0.1) is 28.3 Å². The van der Waals surface area contributed by atoms with Crippen molar-refractivity contribution in [2.24, 2.45) is 0 Å². The van der Waals surface area contributed by atoms with Gasteiger partial charge in [0.25, 0.3) is 0 Å². The van der Waals surface area contributed by atoms with Gasteiger partial charge in [-0.2, -0.15) is 0 Å². The summed E-state index contributed by atoms with van der Waals surface area (Å²) >= 11 is 5.89. The van der Waals surface area contributed by atoms with Gasteiger partial charge >= 0.3 is 0 Å². The molecule has 27 heavy (non-hydrogen) atoms. The van der Waals surface area contributed by atoms with E-state index in [9.17, 15) is 5.11 Å². The van der Waals surface area contributed by atoms with Crippen LogP contribution in [-0.4, -0.2) is 34.7 Å². The number of nitrogens with zero attached hydrogens (tertiary/aromatic N) is 2. The van der Waals surface area contributed by atoms with Crippen molar-refractivity contribution < 1.29 is 5.11 Å². The van der Waals surface area contributed by atoms with Crippen LogP contribution in [0.25, 0.3) is 11.0 Å². The summed E-state index contributed by atoms with van der Waals surface area (Å²) < 4.78 is 0. The van der Waals surface area contributed by atoms with Crippen LogP contribution in [0.1, 0.15) is 32.3 Å². The number of hydrogen-bond acceptors (Lipinski definition) is 6. The average Bonchev–Trinajstić information content (AvgIpc) is 3.31. The van der Waals surface area contributed by atoms with Crippen molar-refractivity contribution in [1.82, 2.24) is 25.9 Å². The second-order valence-electron chi connectivity index (χ2n) is 5.88. The van der Waals surface area contributed by atoms with Crippen LogP contribution in [0.3, 0.4) is 0 Å². The zero-order valence-corrected chi connectivity index (χ0v) is 16.7. The number of nitrogens with one attached hydrogen (secondary N) is 3. The number of aromatic nitrogens is 2. The highest BCUT2D eigenvalue weighted by atomic mass is 35.5. The lowest BCUT2D eigenvalue weighted by Crippen LogP contribution is -2.24. The summed E-state index contributed by atoms with van der Waals surface area (Å²) in [6.45, 7) is 7.51. The van der Waals surface area contributed by atoms with E-state index in [0.29, 0.717) is 23.8 Å². The number of hydrogen-bond donors (Lipinski definition) is 4. The summed E-state index contributed by atoms with van der Waals surface area (Å²) in [5.41, 5.74) is 3.34. The maximum atomic E-state index is 9.84. The van der Waals surface area contributed by atoms with Gasteiger partial charge in [-0.1, -0.05) is 31.5 Å². The van der Waals surface area contributed by atoms with Crippen LogP contribution < -0.4 is 16.0 Å². The molecule has 4 N–H and O–H groups in total. The Morgan fingerprint density at radius 3 is 2.48 bits per heavy atom. The molecular formula is C20H28ClN5O. The maximum absolute atomic E-state index is 9.84. The van der Waals surface area contributed by atoms with E-state index in [1.807, 2.05) is 32.0 Å². The molecule has 146 valence electrons. The molecule has 7 heteroatoms. The summed E-state index contributed by atoms with van der Waals surface area (Å²) in [5, 5.41) is 19.6. The van der Waals surface area contributed by atoms with Crippen LogP contribution in [0.5, 0.6) is 0 Å². The summed E-state index contributed by atoms with van der Waals surface area (Å²) in [6.07, 6.45) is 7.83. The largest absolute Gasteiger partial charge is 0.504 e. The van der Waals surface area contributed by atoms with Gasteiger partial charge in [0, 0.05) is 25.1 Å². The molecule has 0 amide bonds. The van der Waals surface area contributed by atoms with E-state index < -0.39 is 0 Å². The topological polar surface area (TPSA) is 82.1 Å². The SMILES string of the molecule is C1CCNC1.CC.OC1=C(Cl)CNC=C1NCc1ccc2nccnc2c1. The molecule has 0 aliphatic carbocycles. The fourth-order valence-electron chi connectivity index (χ4n) is 2.62. The minimum absolute atomic E-state index is 0.0889.